The van der Waals surface area contributed by atoms with Crippen molar-refractivity contribution >= 4 is 5.69 Å². The summed E-state index contributed by atoms with van der Waals surface area (Å²) in [6.07, 6.45) is 0. The van der Waals surface area contributed by atoms with Crippen LogP contribution >= 0.6 is 0 Å². The van der Waals surface area contributed by atoms with E-state index in [2.05, 4.69) is 11.4 Å². The Morgan fingerprint density at radius 2 is 2.05 bits per heavy atom. The number of nitrogens with one attached hydrogen (secondary N) is 1. The van der Waals surface area contributed by atoms with Crippen LogP contribution in [0.3, 0.4) is 0 Å². The van der Waals surface area contributed by atoms with Crippen molar-refractivity contribution in [3.05, 3.63) is 47.3 Å². The molecule has 110 valence electrons. The summed E-state index contributed by atoms with van der Waals surface area (Å²) in [6.45, 7) is 2.98. The Kier molecular flexibility index (Phi) is 4.85. The number of nitrogens with zero attached hydrogens (tertiary/aromatic N) is 2. The predicted molar refractivity (Wildman–Crippen MR) is 81.2 cm³/mol. The molecule has 0 saturated carbocycles. The van der Waals surface area contributed by atoms with Crippen molar-refractivity contribution in [2.24, 2.45) is 7.05 Å². The van der Waals surface area contributed by atoms with E-state index in [1.807, 2.05) is 48.9 Å². The van der Waals surface area contributed by atoms with Gasteiger partial charge in [0.25, 0.3) is 0 Å². The lowest BCUT2D eigenvalue weighted by molar-refractivity contribution is 0.201. The van der Waals surface area contributed by atoms with Crippen LogP contribution in [0.2, 0.25) is 0 Å². The maximum absolute atomic E-state index is 9.02. The molecular formula is C16H19N3O2. The van der Waals surface area contributed by atoms with E-state index in [1.165, 1.54) is 0 Å². The topological polar surface area (TPSA) is 70.2 Å². The summed E-state index contributed by atoms with van der Waals surface area (Å²) in [4.78, 5) is 0. The fourth-order valence-corrected chi connectivity index (χ4v) is 2.08. The van der Waals surface area contributed by atoms with Crippen LogP contribution < -0.4 is 10.1 Å². The van der Waals surface area contributed by atoms with Crippen LogP contribution in [0, 0.1) is 18.3 Å². The first-order chi connectivity index (χ1) is 10.2. The molecule has 1 aromatic carbocycles. The van der Waals surface area contributed by atoms with Crippen molar-refractivity contribution in [2.45, 2.75) is 13.5 Å². The van der Waals surface area contributed by atoms with Crippen LogP contribution in [-0.2, 0) is 13.6 Å². The summed E-state index contributed by atoms with van der Waals surface area (Å²) in [5.74, 6) is 0.734. The van der Waals surface area contributed by atoms with Gasteiger partial charge in [-0.3, -0.25) is 0 Å². The van der Waals surface area contributed by atoms with E-state index in [1.54, 1.807) is 0 Å². The van der Waals surface area contributed by atoms with Crippen LogP contribution in [-0.4, -0.2) is 22.9 Å². The third-order valence-corrected chi connectivity index (χ3v) is 3.45. The van der Waals surface area contributed by atoms with E-state index in [0.29, 0.717) is 18.8 Å². The van der Waals surface area contributed by atoms with E-state index < -0.39 is 0 Å². The van der Waals surface area contributed by atoms with Gasteiger partial charge in [-0.2, -0.15) is 5.26 Å². The molecular weight excluding hydrogens is 266 g/mol. The lowest BCUT2D eigenvalue weighted by Gasteiger charge is -2.08. The maximum atomic E-state index is 9.02. The van der Waals surface area contributed by atoms with Crippen LogP contribution in [0.4, 0.5) is 5.69 Å². The second kappa shape index (κ2) is 6.82. The number of nitriles is 1. The molecule has 0 amide bonds. The minimum Gasteiger partial charge on any atom is -0.491 e. The Bertz CT molecular complexity index is 639. The van der Waals surface area contributed by atoms with Gasteiger partial charge >= 0.3 is 0 Å². The highest BCUT2D eigenvalue weighted by Gasteiger charge is 2.08. The van der Waals surface area contributed by atoms with Gasteiger partial charge in [0, 0.05) is 25.0 Å². The fourth-order valence-electron chi connectivity index (χ4n) is 2.08. The maximum Gasteiger partial charge on any atom is 0.120 e. The number of hydrogen-bond donors (Lipinski definition) is 2. The van der Waals surface area contributed by atoms with Crippen LogP contribution in [0.15, 0.2) is 30.3 Å². The second-order valence-corrected chi connectivity index (χ2v) is 4.76. The molecule has 0 bridgehead atoms. The number of hydrogen-bond acceptors (Lipinski definition) is 4. The number of rotatable bonds is 6. The number of aliphatic hydroxyl groups is 1. The van der Waals surface area contributed by atoms with Crippen molar-refractivity contribution in [3.8, 4) is 11.8 Å². The first-order valence-electron chi connectivity index (χ1n) is 6.78. The van der Waals surface area contributed by atoms with Gasteiger partial charge in [0.2, 0.25) is 0 Å². The van der Waals surface area contributed by atoms with Crippen LogP contribution in [0.25, 0.3) is 0 Å². The minimum atomic E-state index is 0.00844. The van der Waals surface area contributed by atoms with Gasteiger partial charge in [-0.05, 0) is 42.8 Å². The molecule has 1 heterocycles. The zero-order chi connectivity index (χ0) is 15.2. The second-order valence-electron chi connectivity index (χ2n) is 4.76. The van der Waals surface area contributed by atoms with E-state index in [0.717, 1.165) is 22.7 Å². The molecule has 0 aliphatic rings. The monoisotopic (exact) mass is 285 g/mol. The van der Waals surface area contributed by atoms with Gasteiger partial charge in [0.1, 0.15) is 24.1 Å². The number of benzene rings is 1. The Labute approximate surface area is 124 Å². The third kappa shape index (κ3) is 3.56. The van der Waals surface area contributed by atoms with Gasteiger partial charge < -0.3 is 19.7 Å². The standard InChI is InChI=1S/C16H19N3O2/c1-12-13(9-15(10-17)19(12)2)11-18-14-3-5-16(6-4-14)21-8-7-20/h3-6,9,18,20H,7-8,11H2,1-2H3. The normalized spacial score (nSPS) is 10.2. The Morgan fingerprint density at radius 3 is 2.62 bits per heavy atom. The molecule has 2 aromatic rings. The van der Waals surface area contributed by atoms with Crippen LogP contribution in [0.1, 0.15) is 17.0 Å². The highest BCUT2D eigenvalue weighted by atomic mass is 16.5. The highest BCUT2D eigenvalue weighted by molar-refractivity contribution is 5.47. The van der Waals surface area contributed by atoms with Crippen molar-refractivity contribution in [2.75, 3.05) is 18.5 Å². The van der Waals surface area contributed by atoms with Crippen LogP contribution in [0.5, 0.6) is 5.75 Å². The molecule has 2 N–H and O–H groups in total. The molecule has 0 saturated heterocycles. The van der Waals surface area contributed by atoms with E-state index in [9.17, 15) is 0 Å². The van der Waals surface area contributed by atoms with Gasteiger partial charge in [-0.1, -0.05) is 0 Å². The van der Waals surface area contributed by atoms with Gasteiger partial charge in [0.15, 0.2) is 0 Å². The number of anilines is 1. The van der Waals surface area contributed by atoms with E-state index in [-0.39, 0.29) is 6.61 Å². The van der Waals surface area contributed by atoms with E-state index >= 15 is 0 Å². The Morgan fingerprint density at radius 1 is 1.33 bits per heavy atom. The lowest BCUT2D eigenvalue weighted by Crippen LogP contribution is -2.03. The molecule has 0 fully saturated rings. The summed E-state index contributed by atoms with van der Waals surface area (Å²) in [7, 11) is 1.89. The average molecular weight is 285 g/mol. The highest BCUT2D eigenvalue weighted by Crippen LogP contribution is 2.18. The molecule has 0 aliphatic heterocycles. The van der Waals surface area contributed by atoms with Crippen molar-refractivity contribution in [1.82, 2.24) is 4.57 Å². The summed E-state index contributed by atoms with van der Waals surface area (Å²) < 4.78 is 7.20. The smallest absolute Gasteiger partial charge is 0.120 e. The van der Waals surface area contributed by atoms with E-state index in [4.69, 9.17) is 15.1 Å². The first-order valence-corrected chi connectivity index (χ1v) is 6.78. The zero-order valence-corrected chi connectivity index (χ0v) is 12.3. The summed E-state index contributed by atoms with van der Waals surface area (Å²) >= 11 is 0. The molecule has 1 aromatic heterocycles. The van der Waals surface area contributed by atoms with Gasteiger partial charge in [-0.15, -0.1) is 0 Å². The molecule has 0 spiro atoms. The largest absolute Gasteiger partial charge is 0.491 e. The molecule has 0 radical (unpaired) electrons. The SMILES string of the molecule is Cc1c(CNc2ccc(OCCO)cc2)cc(C#N)n1C. The average Bonchev–Trinajstić information content (AvgIpc) is 2.79. The zero-order valence-electron chi connectivity index (χ0n) is 12.3. The molecule has 5 nitrogen and oxygen atoms in total. The van der Waals surface area contributed by atoms with Crippen molar-refractivity contribution in [3.63, 3.8) is 0 Å². The molecule has 21 heavy (non-hydrogen) atoms. The quantitative estimate of drug-likeness (QED) is 0.853. The number of aliphatic hydroxyl groups excluding tert-OH is 1. The van der Waals surface area contributed by atoms with Crippen molar-refractivity contribution < 1.29 is 9.84 Å². The molecule has 0 atom stereocenters. The fraction of sp³-hybridized carbons (Fsp3) is 0.312. The Balaban J connectivity index is 1.98. The third-order valence-electron chi connectivity index (χ3n) is 3.45. The molecule has 0 aliphatic carbocycles. The summed E-state index contributed by atoms with van der Waals surface area (Å²) in [5, 5.41) is 21.0. The molecule has 5 heteroatoms. The lowest BCUT2D eigenvalue weighted by atomic mass is 10.2. The molecule has 2 rings (SSSR count). The van der Waals surface area contributed by atoms with Gasteiger partial charge in [-0.25, -0.2) is 0 Å². The minimum absolute atomic E-state index is 0.00844. The number of ether oxygens (including phenoxy) is 1. The number of aromatic nitrogens is 1. The first kappa shape index (κ1) is 14.9. The molecule has 0 unspecified atom stereocenters. The summed E-state index contributed by atoms with van der Waals surface area (Å²) in [5.41, 5.74) is 3.83. The van der Waals surface area contributed by atoms with Crippen molar-refractivity contribution in [1.29, 1.82) is 5.26 Å². The Hall–Kier alpha value is -2.45. The van der Waals surface area contributed by atoms with Gasteiger partial charge in [0.05, 0.1) is 6.61 Å². The summed E-state index contributed by atoms with van der Waals surface area (Å²) in [6, 6.07) is 11.7. The predicted octanol–water partition coefficient (Wildman–Crippen LogP) is 2.19.